The van der Waals surface area contributed by atoms with E-state index >= 15 is 0 Å². The predicted octanol–water partition coefficient (Wildman–Crippen LogP) is 2.31. The van der Waals surface area contributed by atoms with Gasteiger partial charge in [0, 0.05) is 11.4 Å². The van der Waals surface area contributed by atoms with Crippen molar-refractivity contribution in [2.75, 3.05) is 27.3 Å². The average Bonchev–Trinajstić information content (AvgIpc) is 2.46. The van der Waals surface area contributed by atoms with Gasteiger partial charge < -0.3 is 9.47 Å². The van der Waals surface area contributed by atoms with Crippen LogP contribution in [0.3, 0.4) is 0 Å². The van der Waals surface area contributed by atoms with Crippen LogP contribution in [0.4, 0.5) is 0 Å². The van der Waals surface area contributed by atoms with Crippen LogP contribution in [0.1, 0.15) is 19.4 Å². The van der Waals surface area contributed by atoms with E-state index < -0.39 is 17.5 Å². The van der Waals surface area contributed by atoms with Crippen molar-refractivity contribution in [2.45, 2.75) is 25.8 Å². The molecule has 0 spiro atoms. The van der Waals surface area contributed by atoms with Crippen LogP contribution in [0.5, 0.6) is 0 Å². The summed E-state index contributed by atoms with van der Waals surface area (Å²) in [6.45, 7) is 3.74. The summed E-state index contributed by atoms with van der Waals surface area (Å²) in [6, 6.07) is 7.09. The number of ether oxygens (including phenoxy) is 2. The Bertz CT molecular complexity index is 513. The van der Waals surface area contributed by atoms with E-state index in [1.165, 1.54) is 4.90 Å². The zero-order valence-electron chi connectivity index (χ0n) is 13.4. The molecule has 1 aromatic rings. The molecule has 0 bridgehead atoms. The molecule has 5 nitrogen and oxygen atoms in total. The molecule has 0 saturated heterocycles. The van der Waals surface area contributed by atoms with Crippen LogP contribution in [-0.2, 0) is 25.5 Å². The molecule has 0 radical (unpaired) electrons. The maximum Gasteiger partial charge on any atom is 0.338 e. The molecule has 0 heterocycles. The molecular weight excluding hydrogens is 306 g/mol. The van der Waals surface area contributed by atoms with Crippen molar-refractivity contribution in [2.24, 2.45) is 0 Å². The Morgan fingerprint density at radius 1 is 1.09 bits per heavy atom. The van der Waals surface area contributed by atoms with Gasteiger partial charge in [-0.05, 0) is 39.6 Å². The van der Waals surface area contributed by atoms with E-state index in [4.69, 9.17) is 21.1 Å². The molecule has 1 rings (SSSR count). The third kappa shape index (κ3) is 3.78. The SMILES string of the molecule is CCOC(=O)C(Cc1ccccc1Cl)(C(=O)OCC)N(C)C. The summed E-state index contributed by atoms with van der Waals surface area (Å²) in [7, 11) is 3.29. The van der Waals surface area contributed by atoms with Gasteiger partial charge >= 0.3 is 11.9 Å². The first-order chi connectivity index (χ1) is 10.4. The quantitative estimate of drug-likeness (QED) is 0.568. The van der Waals surface area contributed by atoms with Gasteiger partial charge in [-0.1, -0.05) is 29.8 Å². The molecule has 22 heavy (non-hydrogen) atoms. The van der Waals surface area contributed by atoms with Gasteiger partial charge in [0.15, 0.2) is 0 Å². The summed E-state index contributed by atoms with van der Waals surface area (Å²) in [5.41, 5.74) is -0.879. The number of hydrogen-bond donors (Lipinski definition) is 0. The molecule has 6 heteroatoms. The highest BCUT2D eigenvalue weighted by Crippen LogP contribution is 2.27. The van der Waals surface area contributed by atoms with Gasteiger partial charge in [0.2, 0.25) is 5.54 Å². The van der Waals surface area contributed by atoms with Crippen LogP contribution in [-0.4, -0.2) is 49.7 Å². The van der Waals surface area contributed by atoms with Crippen molar-refractivity contribution >= 4 is 23.5 Å². The Balaban J connectivity index is 3.32. The maximum atomic E-state index is 12.5. The van der Waals surface area contributed by atoms with E-state index in [0.29, 0.717) is 10.6 Å². The zero-order valence-corrected chi connectivity index (χ0v) is 14.1. The molecule has 0 aliphatic rings. The average molecular weight is 328 g/mol. The van der Waals surface area contributed by atoms with E-state index in [1.54, 1.807) is 52.2 Å². The summed E-state index contributed by atoms with van der Waals surface area (Å²) in [5.74, 6) is -1.28. The monoisotopic (exact) mass is 327 g/mol. The summed E-state index contributed by atoms with van der Waals surface area (Å²) < 4.78 is 10.2. The Hall–Kier alpha value is -1.59. The number of likely N-dealkylation sites (N-methyl/N-ethyl adjacent to an activating group) is 1. The van der Waals surface area contributed by atoms with Crippen LogP contribution in [0, 0.1) is 0 Å². The second-order valence-electron chi connectivity index (χ2n) is 4.96. The lowest BCUT2D eigenvalue weighted by Crippen LogP contribution is -2.60. The van der Waals surface area contributed by atoms with Crippen LogP contribution in [0.15, 0.2) is 24.3 Å². The van der Waals surface area contributed by atoms with Crippen LogP contribution >= 0.6 is 11.6 Å². The molecule has 0 saturated carbocycles. The highest BCUT2D eigenvalue weighted by atomic mass is 35.5. The van der Waals surface area contributed by atoms with E-state index in [2.05, 4.69) is 0 Å². The Morgan fingerprint density at radius 2 is 1.59 bits per heavy atom. The summed E-state index contributed by atoms with van der Waals surface area (Å²) >= 11 is 6.18. The maximum absolute atomic E-state index is 12.5. The fourth-order valence-corrected chi connectivity index (χ4v) is 2.37. The molecule has 0 N–H and O–H groups in total. The van der Waals surface area contributed by atoms with Crippen molar-refractivity contribution in [3.63, 3.8) is 0 Å². The molecule has 1 aromatic carbocycles. The van der Waals surface area contributed by atoms with Gasteiger partial charge in [-0.2, -0.15) is 0 Å². The van der Waals surface area contributed by atoms with Crippen LogP contribution < -0.4 is 0 Å². The minimum absolute atomic E-state index is 0.0807. The number of hydrogen-bond acceptors (Lipinski definition) is 5. The van der Waals surface area contributed by atoms with Gasteiger partial charge in [-0.25, -0.2) is 9.59 Å². The molecular formula is C16H22ClNO4. The Morgan fingerprint density at radius 3 is 2.00 bits per heavy atom. The topological polar surface area (TPSA) is 55.8 Å². The molecule has 0 amide bonds. The number of esters is 2. The number of halogens is 1. The fraction of sp³-hybridized carbons (Fsp3) is 0.500. The van der Waals surface area contributed by atoms with Gasteiger partial charge in [-0.15, -0.1) is 0 Å². The van der Waals surface area contributed by atoms with Crippen molar-refractivity contribution in [1.29, 1.82) is 0 Å². The standard InChI is InChI=1S/C16H22ClNO4/c1-5-21-14(19)16(18(3)4,15(20)22-6-2)11-12-9-7-8-10-13(12)17/h7-10H,5-6,11H2,1-4H3. The highest BCUT2D eigenvalue weighted by Gasteiger charge is 2.51. The minimum Gasteiger partial charge on any atom is -0.464 e. The first kappa shape index (κ1) is 18.5. The Kier molecular flexibility index (Phi) is 6.84. The number of carbonyl (C=O) groups excluding carboxylic acids is 2. The lowest BCUT2D eigenvalue weighted by molar-refractivity contribution is -0.173. The van der Waals surface area contributed by atoms with E-state index in [-0.39, 0.29) is 19.6 Å². The number of carbonyl (C=O) groups is 2. The second kappa shape index (κ2) is 8.15. The molecule has 0 aliphatic heterocycles. The number of nitrogens with zero attached hydrogens (tertiary/aromatic N) is 1. The molecule has 0 atom stereocenters. The minimum atomic E-state index is -1.56. The molecule has 122 valence electrons. The smallest absolute Gasteiger partial charge is 0.338 e. The Labute approximate surface area is 136 Å². The number of benzene rings is 1. The lowest BCUT2D eigenvalue weighted by atomic mass is 9.89. The fourth-order valence-electron chi connectivity index (χ4n) is 2.17. The van der Waals surface area contributed by atoms with Crippen LogP contribution in [0.2, 0.25) is 5.02 Å². The first-order valence-electron chi connectivity index (χ1n) is 7.15. The van der Waals surface area contributed by atoms with Gasteiger partial charge in [0.05, 0.1) is 13.2 Å². The summed E-state index contributed by atoms with van der Waals surface area (Å²) in [5, 5.41) is 0.488. The summed E-state index contributed by atoms with van der Waals surface area (Å²) in [4.78, 5) is 26.6. The van der Waals surface area contributed by atoms with E-state index in [9.17, 15) is 9.59 Å². The second-order valence-corrected chi connectivity index (χ2v) is 5.37. The van der Waals surface area contributed by atoms with E-state index in [0.717, 1.165) is 0 Å². The van der Waals surface area contributed by atoms with Crippen molar-refractivity contribution < 1.29 is 19.1 Å². The van der Waals surface area contributed by atoms with Gasteiger partial charge in [0.1, 0.15) is 0 Å². The largest absolute Gasteiger partial charge is 0.464 e. The third-order valence-electron chi connectivity index (χ3n) is 3.39. The van der Waals surface area contributed by atoms with Crippen LogP contribution in [0.25, 0.3) is 0 Å². The molecule has 0 unspecified atom stereocenters. The highest BCUT2D eigenvalue weighted by molar-refractivity contribution is 6.31. The third-order valence-corrected chi connectivity index (χ3v) is 3.76. The molecule has 0 aromatic heterocycles. The first-order valence-corrected chi connectivity index (χ1v) is 7.53. The lowest BCUT2D eigenvalue weighted by Gasteiger charge is -2.35. The number of rotatable bonds is 7. The van der Waals surface area contributed by atoms with E-state index in [1.807, 2.05) is 0 Å². The van der Waals surface area contributed by atoms with Gasteiger partial charge in [0.25, 0.3) is 0 Å². The predicted molar refractivity (Wildman–Crippen MR) is 84.8 cm³/mol. The van der Waals surface area contributed by atoms with Gasteiger partial charge in [-0.3, -0.25) is 4.90 Å². The van der Waals surface area contributed by atoms with Crippen molar-refractivity contribution in [3.05, 3.63) is 34.9 Å². The summed E-state index contributed by atoms with van der Waals surface area (Å²) in [6.07, 6.45) is 0.0807. The molecule has 0 aliphatic carbocycles. The van der Waals surface area contributed by atoms with Crippen molar-refractivity contribution in [3.8, 4) is 0 Å². The normalized spacial score (nSPS) is 11.4. The zero-order chi connectivity index (χ0) is 16.8. The van der Waals surface area contributed by atoms with Crippen molar-refractivity contribution in [1.82, 2.24) is 4.90 Å². The molecule has 0 fully saturated rings.